The number of fused-ring (bicyclic) bond motifs is 1. The van der Waals surface area contributed by atoms with Crippen LogP contribution < -0.4 is 10.1 Å². The first kappa shape index (κ1) is 10.6. The van der Waals surface area contributed by atoms with Gasteiger partial charge in [-0.3, -0.25) is 0 Å². The van der Waals surface area contributed by atoms with E-state index >= 15 is 0 Å². The van der Waals surface area contributed by atoms with Crippen LogP contribution in [-0.2, 0) is 6.42 Å². The van der Waals surface area contributed by atoms with E-state index in [1.165, 1.54) is 12.8 Å². The Morgan fingerprint density at radius 1 is 1.59 bits per heavy atom. The topological polar surface area (TPSA) is 38.6 Å². The summed E-state index contributed by atoms with van der Waals surface area (Å²) in [5, 5.41) is 3.50. The number of imidazole rings is 1. The molecule has 0 amide bonds. The zero-order valence-electron chi connectivity index (χ0n) is 10.0. The summed E-state index contributed by atoms with van der Waals surface area (Å²) in [6.45, 7) is 1.14. The zero-order valence-corrected chi connectivity index (χ0v) is 10.0. The van der Waals surface area contributed by atoms with E-state index in [1.807, 2.05) is 22.7 Å². The van der Waals surface area contributed by atoms with E-state index in [4.69, 9.17) is 4.74 Å². The van der Waals surface area contributed by atoms with Crippen molar-refractivity contribution in [1.82, 2.24) is 14.7 Å². The van der Waals surface area contributed by atoms with Gasteiger partial charge in [0.05, 0.1) is 12.8 Å². The van der Waals surface area contributed by atoms with Crippen molar-refractivity contribution >= 4 is 5.65 Å². The number of aromatic nitrogens is 2. The molecule has 2 aromatic heterocycles. The van der Waals surface area contributed by atoms with E-state index in [0.29, 0.717) is 6.04 Å². The Morgan fingerprint density at radius 3 is 3.29 bits per heavy atom. The summed E-state index contributed by atoms with van der Waals surface area (Å²) in [5.41, 5.74) is 2.04. The van der Waals surface area contributed by atoms with Gasteiger partial charge in [0.25, 0.3) is 0 Å². The van der Waals surface area contributed by atoms with Gasteiger partial charge in [-0.1, -0.05) is 0 Å². The third-order valence-corrected chi connectivity index (χ3v) is 3.33. The minimum absolute atomic E-state index is 0.589. The summed E-state index contributed by atoms with van der Waals surface area (Å²) in [6, 6.07) is 4.51. The molecule has 0 saturated carbocycles. The van der Waals surface area contributed by atoms with Crippen molar-refractivity contribution < 1.29 is 4.74 Å². The first-order valence-corrected chi connectivity index (χ1v) is 6.11. The number of nitrogens with zero attached hydrogens (tertiary/aromatic N) is 2. The lowest BCUT2D eigenvalue weighted by Gasteiger charge is -2.06. The lowest BCUT2D eigenvalue weighted by Crippen LogP contribution is -2.23. The van der Waals surface area contributed by atoms with Crippen LogP contribution in [0, 0.1) is 0 Å². The van der Waals surface area contributed by atoms with Gasteiger partial charge in [-0.05, 0) is 31.5 Å². The van der Waals surface area contributed by atoms with Gasteiger partial charge in [0, 0.05) is 24.9 Å². The summed E-state index contributed by atoms with van der Waals surface area (Å²) < 4.78 is 7.34. The summed E-state index contributed by atoms with van der Waals surface area (Å²) in [4.78, 5) is 4.64. The first-order valence-electron chi connectivity index (χ1n) is 6.11. The number of pyridine rings is 1. The Labute approximate surface area is 101 Å². The maximum absolute atomic E-state index is 5.31. The number of methoxy groups -OCH3 is 1. The Hall–Kier alpha value is -1.55. The molecular weight excluding hydrogens is 214 g/mol. The summed E-state index contributed by atoms with van der Waals surface area (Å²) >= 11 is 0. The fourth-order valence-corrected chi connectivity index (χ4v) is 2.48. The SMILES string of the molecule is COc1cccn2cc(CC3CCCN3)nc12. The Bertz CT molecular complexity index is 514. The number of hydrogen-bond donors (Lipinski definition) is 1. The molecule has 0 radical (unpaired) electrons. The smallest absolute Gasteiger partial charge is 0.179 e. The van der Waals surface area contributed by atoms with Gasteiger partial charge in [0.2, 0.25) is 0 Å². The number of ether oxygens (including phenoxy) is 1. The summed E-state index contributed by atoms with van der Waals surface area (Å²) in [6.07, 6.45) is 7.64. The summed E-state index contributed by atoms with van der Waals surface area (Å²) in [7, 11) is 1.68. The third kappa shape index (κ3) is 2.00. The molecular formula is C13H17N3O. The highest BCUT2D eigenvalue weighted by Crippen LogP contribution is 2.19. The largest absolute Gasteiger partial charge is 0.493 e. The molecule has 1 fully saturated rings. The van der Waals surface area contributed by atoms with Crippen LogP contribution in [0.1, 0.15) is 18.5 Å². The zero-order chi connectivity index (χ0) is 11.7. The van der Waals surface area contributed by atoms with Crippen molar-refractivity contribution in [1.29, 1.82) is 0 Å². The normalized spacial score (nSPS) is 19.9. The summed E-state index contributed by atoms with van der Waals surface area (Å²) in [5.74, 6) is 0.832. The van der Waals surface area contributed by atoms with Gasteiger partial charge in [0.15, 0.2) is 11.4 Å². The van der Waals surface area contributed by atoms with Crippen molar-refractivity contribution in [3.8, 4) is 5.75 Å². The van der Waals surface area contributed by atoms with Crippen LogP contribution in [0.3, 0.4) is 0 Å². The molecule has 0 bridgehead atoms. The molecule has 1 saturated heterocycles. The lowest BCUT2D eigenvalue weighted by molar-refractivity contribution is 0.417. The quantitative estimate of drug-likeness (QED) is 0.872. The molecule has 90 valence electrons. The molecule has 0 aromatic carbocycles. The molecule has 1 N–H and O–H groups in total. The Morgan fingerprint density at radius 2 is 2.53 bits per heavy atom. The van der Waals surface area contributed by atoms with Gasteiger partial charge >= 0.3 is 0 Å². The minimum atomic E-state index is 0.589. The second-order valence-corrected chi connectivity index (χ2v) is 4.54. The van der Waals surface area contributed by atoms with E-state index in [0.717, 1.165) is 30.1 Å². The minimum Gasteiger partial charge on any atom is -0.493 e. The molecule has 2 aromatic rings. The predicted octanol–water partition coefficient (Wildman–Crippen LogP) is 1.64. The molecule has 1 aliphatic heterocycles. The average molecular weight is 231 g/mol. The van der Waals surface area contributed by atoms with Crippen molar-refractivity contribution in [2.45, 2.75) is 25.3 Å². The van der Waals surface area contributed by atoms with Crippen LogP contribution >= 0.6 is 0 Å². The number of hydrogen-bond acceptors (Lipinski definition) is 3. The van der Waals surface area contributed by atoms with Gasteiger partial charge in [-0.2, -0.15) is 0 Å². The molecule has 0 spiro atoms. The van der Waals surface area contributed by atoms with Crippen LogP contribution in [0.15, 0.2) is 24.5 Å². The van der Waals surface area contributed by atoms with Gasteiger partial charge < -0.3 is 14.5 Å². The molecule has 0 aliphatic carbocycles. The van der Waals surface area contributed by atoms with Crippen molar-refractivity contribution in [2.75, 3.05) is 13.7 Å². The molecule has 1 atom stereocenters. The highest BCUT2D eigenvalue weighted by molar-refractivity contribution is 5.54. The molecule has 3 heterocycles. The van der Waals surface area contributed by atoms with E-state index in [1.54, 1.807) is 7.11 Å². The van der Waals surface area contributed by atoms with E-state index in [9.17, 15) is 0 Å². The van der Waals surface area contributed by atoms with Crippen LogP contribution in [0.25, 0.3) is 5.65 Å². The fraction of sp³-hybridized carbons (Fsp3) is 0.462. The molecule has 4 heteroatoms. The maximum atomic E-state index is 5.31. The molecule has 3 rings (SSSR count). The van der Waals surface area contributed by atoms with Crippen molar-refractivity contribution in [3.05, 3.63) is 30.2 Å². The lowest BCUT2D eigenvalue weighted by atomic mass is 10.1. The highest BCUT2D eigenvalue weighted by Gasteiger charge is 2.16. The van der Waals surface area contributed by atoms with Crippen molar-refractivity contribution in [3.63, 3.8) is 0 Å². The second kappa shape index (κ2) is 4.37. The average Bonchev–Trinajstić information content (AvgIpc) is 2.97. The second-order valence-electron chi connectivity index (χ2n) is 4.54. The maximum Gasteiger partial charge on any atom is 0.179 e. The molecule has 1 aliphatic rings. The Kier molecular flexibility index (Phi) is 2.73. The Balaban J connectivity index is 1.90. The fourth-order valence-electron chi connectivity index (χ4n) is 2.48. The van der Waals surface area contributed by atoms with Crippen LogP contribution in [0.4, 0.5) is 0 Å². The first-order chi connectivity index (χ1) is 8.36. The monoisotopic (exact) mass is 231 g/mol. The molecule has 4 nitrogen and oxygen atoms in total. The predicted molar refractivity (Wildman–Crippen MR) is 66.5 cm³/mol. The van der Waals surface area contributed by atoms with Crippen LogP contribution in [0.2, 0.25) is 0 Å². The number of rotatable bonds is 3. The van der Waals surface area contributed by atoms with Crippen LogP contribution in [0.5, 0.6) is 5.75 Å². The van der Waals surface area contributed by atoms with E-state index < -0.39 is 0 Å². The van der Waals surface area contributed by atoms with Gasteiger partial charge in [-0.15, -0.1) is 0 Å². The van der Waals surface area contributed by atoms with Crippen LogP contribution in [-0.4, -0.2) is 29.1 Å². The van der Waals surface area contributed by atoms with Crippen molar-refractivity contribution in [2.24, 2.45) is 0 Å². The highest BCUT2D eigenvalue weighted by atomic mass is 16.5. The van der Waals surface area contributed by atoms with E-state index in [-0.39, 0.29) is 0 Å². The third-order valence-electron chi connectivity index (χ3n) is 3.33. The van der Waals surface area contributed by atoms with E-state index in [2.05, 4.69) is 16.5 Å². The molecule has 17 heavy (non-hydrogen) atoms. The standard InChI is InChI=1S/C13H17N3O/c1-17-12-5-3-7-16-9-11(15-13(12)16)8-10-4-2-6-14-10/h3,5,7,9-10,14H,2,4,6,8H2,1H3. The number of nitrogens with one attached hydrogen (secondary N) is 1. The van der Waals surface area contributed by atoms with Gasteiger partial charge in [-0.25, -0.2) is 4.98 Å². The van der Waals surface area contributed by atoms with Gasteiger partial charge in [0.1, 0.15) is 0 Å². The molecule has 1 unspecified atom stereocenters.